The first kappa shape index (κ1) is 32.7. The zero-order chi connectivity index (χ0) is 32.8. The Hall–Kier alpha value is -4.65. The van der Waals surface area contributed by atoms with Crippen LogP contribution in [0, 0.1) is 11.7 Å². The summed E-state index contributed by atoms with van der Waals surface area (Å²) in [5.41, 5.74) is 1.79. The first-order valence-corrected chi connectivity index (χ1v) is 16.4. The minimum atomic E-state index is -0.617. The molecule has 5 aromatic rings. The molecule has 1 unspecified atom stereocenters. The van der Waals surface area contributed by atoms with Crippen LogP contribution in [0.25, 0.3) is 27.4 Å². The average molecular weight is 622 g/mol. The number of hydrogen-bond acceptors (Lipinski definition) is 4. The van der Waals surface area contributed by atoms with Crippen molar-refractivity contribution >= 4 is 33.3 Å². The number of carbonyl (C=O) groups is 1. The summed E-state index contributed by atoms with van der Waals surface area (Å²) in [6.45, 7) is 11.5. The summed E-state index contributed by atoms with van der Waals surface area (Å²) in [5, 5.41) is 7.94. The molecule has 0 spiro atoms. The van der Waals surface area contributed by atoms with Gasteiger partial charge in [0.15, 0.2) is 17.3 Å². The minimum absolute atomic E-state index is 0.0517. The molecule has 0 saturated carbocycles. The molecule has 7 heteroatoms. The monoisotopic (exact) mass is 621 g/mol. The Bertz CT molecular complexity index is 1900. The Morgan fingerprint density at radius 2 is 1.63 bits per heavy atom. The van der Waals surface area contributed by atoms with Crippen LogP contribution in [-0.2, 0) is 0 Å². The normalized spacial score (nSPS) is 12.2. The van der Waals surface area contributed by atoms with Crippen LogP contribution in [0.5, 0.6) is 11.5 Å². The number of nitrogens with zero attached hydrogens (tertiary/aromatic N) is 1. The number of amides is 1. The van der Waals surface area contributed by atoms with E-state index in [9.17, 15) is 9.59 Å². The number of halogens is 1. The molecule has 1 aliphatic rings. The lowest BCUT2D eigenvalue weighted by Gasteiger charge is -2.27. The van der Waals surface area contributed by atoms with E-state index in [-0.39, 0.29) is 28.3 Å². The van der Waals surface area contributed by atoms with Gasteiger partial charge in [-0.15, -0.1) is 0 Å². The van der Waals surface area contributed by atoms with Crippen LogP contribution >= 0.6 is 0 Å². The SMILES string of the molecule is CCCCCC(C)C.CCNC(=O)c1cn2c3c(c(NCC(C)c4ccccc4)c(F)cc3c1=O)Oc1cc3ccccc3cc1-2. The molecule has 240 valence electrons. The molecule has 0 aliphatic carbocycles. The smallest absolute Gasteiger partial charge is 0.256 e. The molecule has 46 heavy (non-hydrogen) atoms. The van der Waals surface area contributed by atoms with Gasteiger partial charge >= 0.3 is 0 Å². The van der Waals surface area contributed by atoms with Gasteiger partial charge in [0.05, 0.1) is 11.1 Å². The molecule has 2 heterocycles. The van der Waals surface area contributed by atoms with Crippen molar-refractivity contribution in [3.05, 3.63) is 106 Å². The van der Waals surface area contributed by atoms with Crippen LogP contribution in [0.1, 0.15) is 82.1 Å². The van der Waals surface area contributed by atoms with E-state index >= 15 is 4.39 Å². The third-order valence-electron chi connectivity index (χ3n) is 8.41. The maximum Gasteiger partial charge on any atom is 0.256 e. The van der Waals surface area contributed by atoms with Crippen molar-refractivity contribution < 1.29 is 13.9 Å². The Balaban J connectivity index is 0.000000463. The molecule has 0 radical (unpaired) electrons. The van der Waals surface area contributed by atoms with E-state index in [0.717, 1.165) is 22.3 Å². The number of nitrogens with one attached hydrogen (secondary N) is 2. The summed E-state index contributed by atoms with van der Waals surface area (Å²) in [6, 6.07) is 22.9. The zero-order valence-corrected chi connectivity index (χ0v) is 27.5. The lowest BCUT2D eigenvalue weighted by molar-refractivity contribution is 0.0954. The number of rotatable bonds is 10. The maximum atomic E-state index is 15.7. The van der Waals surface area contributed by atoms with E-state index < -0.39 is 17.2 Å². The molecule has 1 atom stereocenters. The van der Waals surface area contributed by atoms with Crippen molar-refractivity contribution in [2.24, 2.45) is 5.92 Å². The fourth-order valence-electron chi connectivity index (χ4n) is 5.84. The molecule has 0 bridgehead atoms. The van der Waals surface area contributed by atoms with E-state index in [2.05, 4.69) is 38.3 Å². The van der Waals surface area contributed by atoms with Gasteiger partial charge in [-0.2, -0.15) is 0 Å². The van der Waals surface area contributed by atoms with Crippen molar-refractivity contribution in [3.8, 4) is 17.2 Å². The number of fused-ring (bicyclic) bond motifs is 3. The molecule has 4 aromatic carbocycles. The molecular formula is C39H44FN3O3. The Morgan fingerprint density at radius 1 is 0.935 bits per heavy atom. The van der Waals surface area contributed by atoms with Gasteiger partial charge < -0.3 is 19.9 Å². The van der Waals surface area contributed by atoms with Gasteiger partial charge in [-0.05, 0) is 53.3 Å². The van der Waals surface area contributed by atoms with Gasteiger partial charge in [0.1, 0.15) is 16.8 Å². The number of aromatic nitrogens is 1. The van der Waals surface area contributed by atoms with Crippen molar-refractivity contribution in [1.82, 2.24) is 9.88 Å². The topological polar surface area (TPSA) is 72.4 Å². The van der Waals surface area contributed by atoms with Crippen LogP contribution in [-0.4, -0.2) is 23.6 Å². The summed E-state index contributed by atoms with van der Waals surface area (Å²) in [4.78, 5) is 26.2. The van der Waals surface area contributed by atoms with E-state index in [1.165, 1.54) is 37.9 Å². The highest BCUT2D eigenvalue weighted by molar-refractivity contribution is 6.02. The van der Waals surface area contributed by atoms with Gasteiger partial charge in [-0.25, -0.2) is 4.39 Å². The van der Waals surface area contributed by atoms with Crippen LogP contribution in [0.4, 0.5) is 10.1 Å². The van der Waals surface area contributed by atoms with E-state index in [4.69, 9.17) is 4.74 Å². The maximum absolute atomic E-state index is 15.7. The third kappa shape index (κ3) is 6.94. The minimum Gasteiger partial charge on any atom is -0.451 e. The van der Waals surface area contributed by atoms with Gasteiger partial charge in [0.25, 0.3) is 5.91 Å². The van der Waals surface area contributed by atoms with Gasteiger partial charge in [-0.1, -0.05) is 108 Å². The number of benzene rings is 4. The van der Waals surface area contributed by atoms with E-state index in [0.29, 0.717) is 30.0 Å². The van der Waals surface area contributed by atoms with Crippen LogP contribution in [0.3, 0.4) is 0 Å². The molecule has 1 aromatic heterocycles. The molecule has 6 rings (SSSR count). The van der Waals surface area contributed by atoms with Gasteiger partial charge in [-0.3, -0.25) is 9.59 Å². The molecular weight excluding hydrogens is 577 g/mol. The van der Waals surface area contributed by atoms with Crippen LogP contribution in [0.2, 0.25) is 0 Å². The number of carbonyl (C=O) groups excluding carboxylic acids is 1. The van der Waals surface area contributed by atoms with Crippen molar-refractivity contribution in [1.29, 1.82) is 0 Å². The number of hydrogen-bond donors (Lipinski definition) is 2. The van der Waals surface area contributed by atoms with Crippen molar-refractivity contribution in [2.45, 2.75) is 66.2 Å². The molecule has 2 N–H and O–H groups in total. The van der Waals surface area contributed by atoms with Gasteiger partial charge in [0, 0.05) is 19.3 Å². The molecule has 0 saturated heterocycles. The van der Waals surface area contributed by atoms with Crippen molar-refractivity contribution in [2.75, 3.05) is 18.4 Å². The molecule has 1 amide bonds. The first-order chi connectivity index (χ1) is 22.2. The second kappa shape index (κ2) is 14.6. The third-order valence-corrected chi connectivity index (χ3v) is 8.41. The number of unbranched alkanes of at least 4 members (excludes halogenated alkanes) is 2. The zero-order valence-electron chi connectivity index (χ0n) is 27.5. The standard InChI is InChI=1S/C31H26FN3O3.C8H18/c1-3-33-31(37)23-17-35-25-13-20-11-7-8-12-21(20)14-26(25)38-30-27(24(32)15-22(28(30)35)29(23)36)34-16-18(2)19-9-5-4-6-10-19;1-4-5-6-7-8(2)3/h4-15,17-18,34H,3,16H2,1-2H3,(H,33,37);8H,4-7H2,1-3H3. The fourth-order valence-corrected chi connectivity index (χ4v) is 5.84. The largest absolute Gasteiger partial charge is 0.451 e. The average Bonchev–Trinajstić information content (AvgIpc) is 3.05. The van der Waals surface area contributed by atoms with Crippen LogP contribution < -0.4 is 20.8 Å². The predicted molar refractivity (Wildman–Crippen MR) is 187 cm³/mol. The Morgan fingerprint density at radius 3 is 2.30 bits per heavy atom. The van der Waals surface area contributed by atoms with Gasteiger partial charge in [0.2, 0.25) is 5.43 Å². The first-order valence-electron chi connectivity index (χ1n) is 16.4. The molecule has 1 aliphatic heterocycles. The summed E-state index contributed by atoms with van der Waals surface area (Å²) in [5.74, 6) is 0.615. The summed E-state index contributed by atoms with van der Waals surface area (Å²) in [7, 11) is 0. The quantitative estimate of drug-likeness (QED) is 0.149. The lowest BCUT2D eigenvalue weighted by atomic mass is 10.0. The summed E-state index contributed by atoms with van der Waals surface area (Å²) >= 11 is 0. The Kier molecular flexibility index (Phi) is 10.4. The summed E-state index contributed by atoms with van der Waals surface area (Å²) in [6.07, 6.45) is 7.14. The molecule has 0 fully saturated rings. The van der Waals surface area contributed by atoms with E-state index in [1.807, 2.05) is 66.7 Å². The second-order valence-electron chi connectivity index (χ2n) is 12.4. The number of ether oxygens (including phenoxy) is 1. The fraction of sp³-hybridized carbons (Fsp3) is 0.333. The Labute approximate surface area is 270 Å². The predicted octanol–water partition coefficient (Wildman–Crippen LogP) is 9.58. The highest BCUT2D eigenvalue weighted by Gasteiger charge is 2.29. The van der Waals surface area contributed by atoms with E-state index in [1.54, 1.807) is 11.5 Å². The number of pyridine rings is 1. The highest BCUT2D eigenvalue weighted by Crippen LogP contribution is 2.46. The highest BCUT2D eigenvalue weighted by atomic mass is 19.1. The summed E-state index contributed by atoms with van der Waals surface area (Å²) < 4.78 is 23.8. The number of anilines is 1. The van der Waals surface area contributed by atoms with Crippen molar-refractivity contribution in [3.63, 3.8) is 0 Å². The van der Waals surface area contributed by atoms with Crippen LogP contribution in [0.15, 0.2) is 83.8 Å². The lowest BCUT2D eigenvalue weighted by Crippen LogP contribution is -2.30. The molecule has 6 nitrogen and oxygen atoms in total. The second-order valence-corrected chi connectivity index (χ2v) is 12.4.